The third kappa shape index (κ3) is 4.67. The molecule has 1 saturated heterocycles. The van der Waals surface area contributed by atoms with Crippen molar-refractivity contribution in [1.82, 2.24) is 10.0 Å². The Labute approximate surface area is 172 Å². The lowest BCUT2D eigenvalue weighted by Gasteiger charge is -2.37. The molecule has 158 valence electrons. The van der Waals surface area contributed by atoms with E-state index in [0.717, 1.165) is 38.3 Å². The number of hydrogen-bond donors (Lipinski definition) is 3. The fourth-order valence-electron chi connectivity index (χ4n) is 4.19. The molecule has 0 aromatic heterocycles. The van der Waals surface area contributed by atoms with Gasteiger partial charge in [-0.25, -0.2) is 17.5 Å². The van der Waals surface area contributed by atoms with E-state index in [9.17, 15) is 17.6 Å². The molecule has 1 heterocycles. The van der Waals surface area contributed by atoms with Crippen LogP contribution < -0.4 is 15.4 Å². The Hall–Kier alpha value is -1.22. The highest BCUT2D eigenvalue weighted by Gasteiger charge is 2.49. The minimum Gasteiger partial charge on any atom is -0.326 e. The quantitative estimate of drug-likeness (QED) is 0.681. The van der Waals surface area contributed by atoms with Gasteiger partial charge in [-0.3, -0.25) is 4.79 Å². The number of anilines is 1. The molecule has 2 aliphatic rings. The van der Waals surface area contributed by atoms with E-state index in [4.69, 9.17) is 0 Å². The summed E-state index contributed by atoms with van der Waals surface area (Å²) in [5.74, 6) is -0.672. The first-order valence-corrected chi connectivity index (χ1v) is 10.9. The number of amides is 1. The Morgan fingerprint density at radius 3 is 2.68 bits per heavy atom. The second-order valence-electron chi connectivity index (χ2n) is 8.68. The van der Waals surface area contributed by atoms with Crippen LogP contribution in [0.25, 0.3) is 0 Å². The van der Waals surface area contributed by atoms with Crippen LogP contribution in [0.1, 0.15) is 46.5 Å². The lowest BCUT2D eigenvalue weighted by molar-refractivity contribution is -0.128. The highest BCUT2D eigenvalue weighted by atomic mass is 35.5. The molecule has 1 saturated carbocycles. The van der Waals surface area contributed by atoms with Crippen LogP contribution in [0.3, 0.4) is 0 Å². The third-order valence-corrected chi connectivity index (χ3v) is 7.18. The maximum Gasteiger partial charge on any atom is 0.244 e. The monoisotopic (exact) mass is 433 g/mol. The van der Waals surface area contributed by atoms with E-state index in [0.29, 0.717) is 12.2 Å². The van der Waals surface area contributed by atoms with Gasteiger partial charge >= 0.3 is 0 Å². The topological polar surface area (TPSA) is 87.3 Å². The van der Waals surface area contributed by atoms with Gasteiger partial charge in [0, 0.05) is 17.8 Å². The smallest absolute Gasteiger partial charge is 0.244 e. The zero-order valence-electron chi connectivity index (χ0n) is 16.5. The van der Waals surface area contributed by atoms with Gasteiger partial charge in [0.25, 0.3) is 0 Å². The maximum absolute atomic E-state index is 14.2. The third-order valence-electron chi connectivity index (χ3n) is 5.41. The first-order chi connectivity index (χ1) is 12.5. The fourth-order valence-corrected chi connectivity index (χ4v) is 5.71. The van der Waals surface area contributed by atoms with E-state index >= 15 is 0 Å². The molecule has 0 radical (unpaired) electrons. The number of sulfonamides is 1. The highest BCUT2D eigenvalue weighted by Crippen LogP contribution is 2.44. The molecule has 1 aromatic rings. The number of hydrogen-bond acceptors (Lipinski definition) is 4. The number of halogens is 2. The second kappa shape index (κ2) is 8.26. The Balaban J connectivity index is 0.00000280. The van der Waals surface area contributed by atoms with Crippen LogP contribution in [0.4, 0.5) is 10.1 Å². The van der Waals surface area contributed by atoms with Crippen LogP contribution in [-0.4, -0.2) is 33.0 Å². The molecule has 3 rings (SSSR count). The molecule has 2 atom stereocenters. The summed E-state index contributed by atoms with van der Waals surface area (Å²) in [5, 5.41) is 6.15. The van der Waals surface area contributed by atoms with Gasteiger partial charge in [0.15, 0.2) is 0 Å². The number of nitrogens with one attached hydrogen (secondary N) is 3. The van der Waals surface area contributed by atoms with Crippen molar-refractivity contribution < 1.29 is 17.6 Å². The average molecular weight is 434 g/mol. The Kier molecular flexibility index (Phi) is 6.80. The van der Waals surface area contributed by atoms with Crippen LogP contribution >= 0.6 is 12.4 Å². The van der Waals surface area contributed by atoms with Crippen LogP contribution in [-0.2, 0) is 14.8 Å². The van der Waals surface area contributed by atoms with Crippen molar-refractivity contribution in [1.29, 1.82) is 0 Å². The van der Waals surface area contributed by atoms with Crippen molar-refractivity contribution >= 4 is 34.0 Å². The molecule has 2 fully saturated rings. The highest BCUT2D eigenvalue weighted by molar-refractivity contribution is 7.89. The zero-order chi connectivity index (χ0) is 19.9. The van der Waals surface area contributed by atoms with Crippen LogP contribution in [0.15, 0.2) is 23.1 Å². The maximum atomic E-state index is 14.2. The van der Waals surface area contributed by atoms with E-state index in [1.807, 2.05) is 0 Å². The fraction of sp³-hybridized carbons (Fsp3) is 0.632. The lowest BCUT2D eigenvalue weighted by atomic mass is 9.67. The molecule has 1 amide bonds. The van der Waals surface area contributed by atoms with E-state index in [1.54, 1.807) is 20.8 Å². The summed E-state index contributed by atoms with van der Waals surface area (Å²) in [7, 11) is -4.04. The molecule has 1 aliphatic carbocycles. The Morgan fingerprint density at radius 2 is 2.00 bits per heavy atom. The molecule has 3 N–H and O–H groups in total. The van der Waals surface area contributed by atoms with E-state index in [2.05, 4.69) is 15.4 Å². The summed E-state index contributed by atoms with van der Waals surface area (Å²) in [6.07, 6.45) is 3.95. The summed E-state index contributed by atoms with van der Waals surface area (Å²) in [5.41, 5.74) is -0.912. The molecule has 6 nitrogen and oxygen atoms in total. The van der Waals surface area contributed by atoms with Gasteiger partial charge < -0.3 is 10.6 Å². The van der Waals surface area contributed by atoms with Gasteiger partial charge in [-0.2, -0.15) is 0 Å². The SMILES string of the molecule is CC(C)(C)NS(=O)(=O)c1cc(NC(=O)[C@@]23CCCC[C@H]2CNC3)ccc1F.Cl. The lowest BCUT2D eigenvalue weighted by Crippen LogP contribution is -2.44. The predicted molar refractivity (Wildman–Crippen MR) is 110 cm³/mol. The van der Waals surface area contributed by atoms with Crippen molar-refractivity contribution in [3.63, 3.8) is 0 Å². The van der Waals surface area contributed by atoms with Crippen LogP contribution in [0.2, 0.25) is 0 Å². The second-order valence-corrected chi connectivity index (χ2v) is 10.3. The first kappa shape index (κ1) is 23.1. The molecule has 0 spiro atoms. The molecular formula is C19H29ClFN3O3S. The number of carbonyl (C=O) groups is 1. The van der Waals surface area contributed by atoms with Crippen molar-refractivity contribution in [2.45, 2.75) is 56.9 Å². The van der Waals surface area contributed by atoms with E-state index < -0.39 is 31.7 Å². The molecule has 0 bridgehead atoms. The molecular weight excluding hydrogens is 405 g/mol. The predicted octanol–water partition coefficient (Wildman–Crippen LogP) is 3.04. The normalized spacial score (nSPS) is 24.9. The average Bonchev–Trinajstić information content (AvgIpc) is 2.99. The summed E-state index contributed by atoms with van der Waals surface area (Å²) in [6.45, 7) is 6.50. The van der Waals surface area contributed by atoms with Gasteiger partial charge in [-0.15, -0.1) is 12.4 Å². The summed E-state index contributed by atoms with van der Waals surface area (Å²) in [6, 6.07) is 3.67. The van der Waals surface area contributed by atoms with Crippen LogP contribution in [0.5, 0.6) is 0 Å². The molecule has 9 heteroatoms. The summed E-state index contributed by atoms with van der Waals surface area (Å²) < 4.78 is 41.7. The van der Waals surface area contributed by atoms with Gasteiger partial charge in [0.2, 0.25) is 15.9 Å². The van der Waals surface area contributed by atoms with Crippen molar-refractivity contribution in [3.8, 4) is 0 Å². The number of fused-ring (bicyclic) bond motifs is 1. The van der Waals surface area contributed by atoms with E-state index in [1.165, 1.54) is 12.1 Å². The van der Waals surface area contributed by atoms with Gasteiger partial charge in [-0.1, -0.05) is 12.8 Å². The van der Waals surface area contributed by atoms with Crippen molar-refractivity contribution in [2.24, 2.45) is 11.3 Å². The minimum atomic E-state index is -4.04. The largest absolute Gasteiger partial charge is 0.326 e. The Morgan fingerprint density at radius 1 is 1.29 bits per heavy atom. The summed E-state index contributed by atoms with van der Waals surface area (Å²) in [4.78, 5) is 12.6. The van der Waals surface area contributed by atoms with Gasteiger partial charge in [0.05, 0.1) is 5.41 Å². The zero-order valence-corrected chi connectivity index (χ0v) is 18.1. The number of carbonyl (C=O) groups excluding carboxylic acids is 1. The minimum absolute atomic E-state index is 0. The molecule has 1 aliphatic heterocycles. The van der Waals surface area contributed by atoms with Gasteiger partial charge in [-0.05, 0) is 64.3 Å². The van der Waals surface area contributed by atoms with Crippen molar-refractivity contribution in [3.05, 3.63) is 24.0 Å². The first-order valence-electron chi connectivity index (χ1n) is 9.39. The number of rotatable bonds is 4. The number of benzene rings is 1. The molecule has 0 unspecified atom stereocenters. The van der Waals surface area contributed by atoms with Gasteiger partial charge in [0.1, 0.15) is 10.7 Å². The van der Waals surface area contributed by atoms with Crippen molar-refractivity contribution in [2.75, 3.05) is 18.4 Å². The molecule has 28 heavy (non-hydrogen) atoms. The van der Waals surface area contributed by atoms with Crippen LogP contribution in [0, 0.1) is 17.2 Å². The van der Waals surface area contributed by atoms with E-state index in [-0.39, 0.29) is 24.2 Å². The molecule has 1 aromatic carbocycles. The Bertz CT molecular complexity index is 841. The summed E-state index contributed by atoms with van der Waals surface area (Å²) >= 11 is 0. The standard InChI is InChI=1S/C19H28FN3O3S.ClH/c1-18(2,3)23-27(25,26)16-10-14(7-8-15(16)20)22-17(24)19-9-5-4-6-13(19)11-21-12-19;/h7-8,10,13,21,23H,4-6,9,11-12H2,1-3H3,(H,22,24);1H/t13-,19+;/m0./s1.